The fourth-order valence-corrected chi connectivity index (χ4v) is 1.41. The molecule has 1 aromatic heterocycles. The Morgan fingerprint density at radius 2 is 2.44 bits per heavy atom. The summed E-state index contributed by atoms with van der Waals surface area (Å²) in [4.78, 5) is 4.30. The number of nitrogens with one attached hydrogen (secondary N) is 3. The van der Waals surface area contributed by atoms with Gasteiger partial charge < -0.3 is 5.32 Å². The molecule has 0 spiro atoms. The lowest BCUT2D eigenvalue weighted by molar-refractivity contribution is 0.797. The molecule has 1 rings (SSSR count). The van der Waals surface area contributed by atoms with Gasteiger partial charge in [-0.2, -0.15) is 5.10 Å². The number of hydrazine groups is 1. The van der Waals surface area contributed by atoms with E-state index in [1.54, 1.807) is 0 Å². The van der Waals surface area contributed by atoms with E-state index >= 15 is 0 Å². The monoisotopic (exact) mass is 224 g/mol. The molecule has 0 saturated heterocycles. The third kappa shape index (κ3) is 3.90. The number of rotatable bonds is 5. The Kier molecular flexibility index (Phi) is 5.35. The molecule has 0 atom stereocenters. The van der Waals surface area contributed by atoms with Gasteiger partial charge in [-0.05, 0) is 32.3 Å². The molecule has 6 nitrogen and oxygen atoms in total. The van der Waals surface area contributed by atoms with E-state index in [2.05, 4.69) is 25.9 Å². The molecule has 16 heavy (non-hydrogen) atoms. The highest BCUT2D eigenvalue weighted by Gasteiger charge is 1.99. The highest BCUT2D eigenvalue weighted by molar-refractivity contribution is 5.78. The normalized spacial score (nSPS) is 11.6. The SMILES string of the molecule is CCNC(=NCCCc1cn[nH]c1C)NN. The van der Waals surface area contributed by atoms with E-state index < -0.39 is 0 Å². The van der Waals surface area contributed by atoms with Crippen LogP contribution in [0.4, 0.5) is 0 Å². The Hall–Kier alpha value is -1.56. The summed E-state index contributed by atoms with van der Waals surface area (Å²) >= 11 is 0. The van der Waals surface area contributed by atoms with Crippen LogP contribution in [0.15, 0.2) is 11.2 Å². The third-order valence-corrected chi connectivity index (χ3v) is 2.29. The quantitative estimate of drug-likeness (QED) is 0.187. The first-order valence-electron chi connectivity index (χ1n) is 5.51. The highest BCUT2D eigenvalue weighted by Crippen LogP contribution is 2.05. The van der Waals surface area contributed by atoms with Crippen molar-refractivity contribution in [3.05, 3.63) is 17.5 Å². The van der Waals surface area contributed by atoms with Crippen LogP contribution in [0.1, 0.15) is 24.6 Å². The van der Waals surface area contributed by atoms with E-state index in [9.17, 15) is 0 Å². The molecule has 0 unspecified atom stereocenters. The number of hydrogen-bond acceptors (Lipinski definition) is 3. The minimum atomic E-state index is 0.645. The lowest BCUT2D eigenvalue weighted by atomic mass is 10.1. The second kappa shape index (κ2) is 6.84. The van der Waals surface area contributed by atoms with Crippen LogP contribution in [0, 0.1) is 6.92 Å². The van der Waals surface area contributed by atoms with Gasteiger partial charge in [0.15, 0.2) is 0 Å². The predicted molar refractivity (Wildman–Crippen MR) is 64.9 cm³/mol. The molecule has 0 aliphatic rings. The predicted octanol–water partition coefficient (Wildman–Crippen LogP) is 0.0795. The van der Waals surface area contributed by atoms with Crippen molar-refractivity contribution < 1.29 is 0 Å². The average Bonchev–Trinajstić information content (AvgIpc) is 2.69. The molecule has 0 bridgehead atoms. The van der Waals surface area contributed by atoms with Crippen LogP contribution in [-0.4, -0.2) is 29.2 Å². The molecular weight excluding hydrogens is 204 g/mol. The van der Waals surface area contributed by atoms with Crippen LogP contribution < -0.4 is 16.6 Å². The summed E-state index contributed by atoms with van der Waals surface area (Å²) < 4.78 is 0. The van der Waals surface area contributed by atoms with Gasteiger partial charge in [-0.15, -0.1) is 0 Å². The molecule has 5 N–H and O–H groups in total. The van der Waals surface area contributed by atoms with Gasteiger partial charge in [-0.3, -0.25) is 15.5 Å². The van der Waals surface area contributed by atoms with Crippen molar-refractivity contribution >= 4 is 5.96 Å². The van der Waals surface area contributed by atoms with Crippen LogP contribution in [0.3, 0.4) is 0 Å². The summed E-state index contributed by atoms with van der Waals surface area (Å²) in [6.07, 6.45) is 3.83. The summed E-state index contributed by atoms with van der Waals surface area (Å²) in [6, 6.07) is 0. The topological polar surface area (TPSA) is 91.1 Å². The van der Waals surface area contributed by atoms with E-state index in [1.807, 2.05) is 20.0 Å². The standard InChI is InChI=1S/C10H20N6/c1-3-12-10(15-11)13-6-4-5-9-7-14-16-8(9)2/h7H,3-6,11H2,1-2H3,(H,14,16)(H2,12,13,15). The van der Waals surface area contributed by atoms with Crippen molar-refractivity contribution in [3.8, 4) is 0 Å². The first-order valence-corrected chi connectivity index (χ1v) is 5.51. The van der Waals surface area contributed by atoms with Gasteiger partial charge in [0.1, 0.15) is 0 Å². The fourth-order valence-electron chi connectivity index (χ4n) is 1.41. The van der Waals surface area contributed by atoms with Crippen molar-refractivity contribution in [1.29, 1.82) is 0 Å². The minimum Gasteiger partial charge on any atom is -0.356 e. The molecule has 1 heterocycles. The van der Waals surface area contributed by atoms with Gasteiger partial charge in [0, 0.05) is 18.8 Å². The molecule has 0 amide bonds. The largest absolute Gasteiger partial charge is 0.356 e. The van der Waals surface area contributed by atoms with Gasteiger partial charge in [0.05, 0.1) is 6.20 Å². The molecule has 6 heteroatoms. The first-order chi connectivity index (χ1) is 7.77. The number of aromatic nitrogens is 2. The molecule has 0 aromatic carbocycles. The molecular formula is C10H20N6. The first kappa shape index (κ1) is 12.5. The number of aryl methyl sites for hydroxylation is 2. The summed E-state index contributed by atoms with van der Waals surface area (Å²) in [5.41, 5.74) is 4.91. The van der Waals surface area contributed by atoms with E-state index in [0.29, 0.717) is 5.96 Å². The molecule has 0 fully saturated rings. The maximum absolute atomic E-state index is 5.30. The number of nitrogens with two attached hydrogens (primary N) is 1. The summed E-state index contributed by atoms with van der Waals surface area (Å²) in [7, 11) is 0. The average molecular weight is 224 g/mol. The van der Waals surface area contributed by atoms with Gasteiger partial charge in [-0.1, -0.05) is 0 Å². The fraction of sp³-hybridized carbons (Fsp3) is 0.600. The van der Waals surface area contributed by atoms with Crippen molar-refractivity contribution in [2.75, 3.05) is 13.1 Å². The zero-order valence-electron chi connectivity index (χ0n) is 9.88. The van der Waals surface area contributed by atoms with Crippen LogP contribution in [0.2, 0.25) is 0 Å². The van der Waals surface area contributed by atoms with Crippen molar-refractivity contribution in [2.24, 2.45) is 10.8 Å². The van der Waals surface area contributed by atoms with Gasteiger partial charge in [0.25, 0.3) is 0 Å². The lowest BCUT2D eigenvalue weighted by Gasteiger charge is -2.06. The van der Waals surface area contributed by atoms with Crippen molar-refractivity contribution in [1.82, 2.24) is 20.9 Å². The Labute approximate surface area is 95.7 Å². The van der Waals surface area contributed by atoms with E-state index in [4.69, 9.17) is 5.84 Å². The maximum Gasteiger partial charge on any atom is 0.205 e. The van der Waals surface area contributed by atoms with Crippen molar-refractivity contribution in [3.63, 3.8) is 0 Å². The summed E-state index contributed by atoms with van der Waals surface area (Å²) in [5.74, 6) is 5.95. The van der Waals surface area contributed by atoms with Gasteiger partial charge in [0.2, 0.25) is 5.96 Å². The number of nitrogens with zero attached hydrogens (tertiary/aromatic N) is 2. The van der Waals surface area contributed by atoms with Crippen LogP contribution in [0.5, 0.6) is 0 Å². The molecule has 1 aromatic rings. The number of aromatic amines is 1. The van der Waals surface area contributed by atoms with E-state index in [-0.39, 0.29) is 0 Å². The highest BCUT2D eigenvalue weighted by atomic mass is 15.3. The Morgan fingerprint density at radius 1 is 1.62 bits per heavy atom. The molecule has 90 valence electrons. The second-order valence-electron chi connectivity index (χ2n) is 3.53. The number of hydrogen-bond donors (Lipinski definition) is 4. The van der Waals surface area contributed by atoms with Crippen LogP contribution >= 0.6 is 0 Å². The van der Waals surface area contributed by atoms with Gasteiger partial charge >= 0.3 is 0 Å². The van der Waals surface area contributed by atoms with Gasteiger partial charge in [-0.25, -0.2) is 5.84 Å². The Balaban J connectivity index is 2.27. The minimum absolute atomic E-state index is 0.645. The summed E-state index contributed by atoms with van der Waals surface area (Å²) in [6.45, 7) is 5.58. The third-order valence-electron chi connectivity index (χ3n) is 2.29. The zero-order chi connectivity index (χ0) is 11.8. The van der Waals surface area contributed by atoms with Crippen LogP contribution in [0.25, 0.3) is 0 Å². The Bertz CT molecular complexity index is 330. The number of guanidine groups is 1. The van der Waals surface area contributed by atoms with Crippen molar-refractivity contribution in [2.45, 2.75) is 26.7 Å². The van der Waals surface area contributed by atoms with Crippen LogP contribution in [-0.2, 0) is 6.42 Å². The Morgan fingerprint density at radius 3 is 3.00 bits per heavy atom. The molecule has 0 saturated carbocycles. The molecule has 0 aliphatic heterocycles. The second-order valence-corrected chi connectivity index (χ2v) is 3.53. The number of H-pyrrole nitrogens is 1. The molecule has 0 aliphatic carbocycles. The summed E-state index contributed by atoms with van der Waals surface area (Å²) in [5, 5.41) is 9.93. The lowest BCUT2D eigenvalue weighted by Crippen LogP contribution is -2.41. The zero-order valence-corrected chi connectivity index (χ0v) is 9.88. The van der Waals surface area contributed by atoms with E-state index in [0.717, 1.165) is 31.6 Å². The smallest absolute Gasteiger partial charge is 0.205 e. The molecule has 0 radical (unpaired) electrons. The van der Waals surface area contributed by atoms with E-state index in [1.165, 1.54) is 5.56 Å². The maximum atomic E-state index is 5.30. The number of aliphatic imine (C=N–C) groups is 1.